The van der Waals surface area contributed by atoms with Crippen LogP contribution in [-0.4, -0.2) is 59.5 Å². The molecule has 0 bridgehead atoms. The molecule has 3 fully saturated rings. The maximum Gasteiger partial charge on any atom is 0.226 e. The Morgan fingerprint density at radius 3 is 2.59 bits per heavy atom. The number of aryl methyl sites for hydroxylation is 1. The van der Waals surface area contributed by atoms with Gasteiger partial charge in [-0.2, -0.15) is 0 Å². The first-order valence-corrected chi connectivity index (χ1v) is 11.3. The molecule has 3 heterocycles. The molecule has 176 valence electrons. The standard InChI is InChI=1S/C23H29ClN4O2.2ClH/c1-15-11-28(8-7-25-15)22(29)18-9-23(10-18)13-27(14-23)12-20-16(2)30-21(26-20)17-3-5-19(24)6-4-17;;/h3-6,15,18,25H,7-14H2,1-2H3;2*1H/t15-;;/m0../s1. The summed E-state index contributed by atoms with van der Waals surface area (Å²) in [5.74, 6) is 2.11. The minimum Gasteiger partial charge on any atom is -0.441 e. The molecule has 1 spiro atoms. The Morgan fingerprint density at radius 1 is 1.25 bits per heavy atom. The Labute approximate surface area is 206 Å². The van der Waals surface area contributed by atoms with E-state index in [2.05, 4.69) is 22.0 Å². The van der Waals surface area contributed by atoms with Crippen LogP contribution in [-0.2, 0) is 11.3 Å². The predicted molar refractivity (Wildman–Crippen MR) is 131 cm³/mol. The number of halogens is 3. The van der Waals surface area contributed by atoms with E-state index in [-0.39, 0.29) is 30.7 Å². The van der Waals surface area contributed by atoms with Gasteiger partial charge in [-0.05, 0) is 56.4 Å². The lowest BCUT2D eigenvalue weighted by molar-refractivity contribution is -0.156. The summed E-state index contributed by atoms with van der Waals surface area (Å²) in [6.07, 6.45) is 2.07. The third-order valence-electron chi connectivity index (χ3n) is 6.86. The number of carbonyl (C=O) groups excluding carboxylic acids is 1. The van der Waals surface area contributed by atoms with Gasteiger partial charge >= 0.3 is 0 Å². The highest BCUT2D eigenvalue weighted by Gasteiger charge is 2.54. The number of benzene rings is 1. The molecule has 2 saturated heterocycles. The van der Waals surface area contributed by atoms with Crippen molar-refractivity contribution in [2.75, 3.05) is 32.7 Å². The van der Waals surface area contributed by atoms with Crippen LogP contribution in [0.2, 0.25) is 5.02 Å². The van der Waals surface area contributed by atoms with E-state index in [0.29, 0.717) is 28.3 Å². The van der Waals surface area contributed by atoms with Gasteiger partial charge in [0.1, 0.15) is 5.76 Å². The summed E-state index contributed by atoms with van der Waals surface area (Å²) in [5, 5.41) is 4.11. The number of nitrogens with zero attached hydrogens (tertiary/aromatic N) is 3. The first-order valence-electron chi connectivity index (χ1n) is 10.9. The molecule has 1 N–H and O–H groups in total. The Bertz CT molecular complexity index is 935. The van der Waals surface area contributed by atoms with Crippen LogP contribution in [0.25, 0.3) is 11.5 Å². The van der Waals surface area contributed by atoms with E-state index in [9.17, 15) is 4.79 Å². The Morgan fingerprint density at radius 2 is 1.94 bits per heavy atom. The molecule has 1 aromatic heterocycles. The average Bonchev–Trinajstić information content (AvgIpc) is 3.03. The van der Waals surface area contributed by atoms with Crippen LogP contribution in [0, 0.1) is 18.3 Å². The van der Waals surface area contributed by atoms with Crippen molar-refractivity contribution < 1.29 is 9.21 Å². The molecule has 9 heteroatoms. The summed E-state index contributed by atoms with van der Waals surface area (Å²) >= 11 is 5.97. The van der Waals surface area contributed by atoms with Crippen molar-refractivity contribution in [3.63, 3.8) is 0 Å². The van der Waals surface area contributed by atoms with Crippen LogP contribution in [0.5, 0.6) is 0 Å². The zero-order chi connectivity index (χ0) is 20.9. The van der Waals surface area contributed by atoms with Crippen LogP contribution in [0.1, 0.15) is 31.2 Å². The average molecular weight is 502 g/mol. The van der Waals surface area contributed by atoms with E-state index >= 15 is 0 Å². The number of hydrogen-bond donors (Lipinski definition) is 1. The second kappa shape index (κ2) is 9.90. The van der Waals surface area contributed by atoms with Gasteiger partial charge in [0.05, 0.1) is 5.69 Å². The lowest BCUT2D eigenvalue weighted by atomic mass is 9.57. The van der Waals surface area contributed by atoms with Crippen LogP contribution in [0.15, 0.2) is 28.7 Å². The quantitative estimate of drug-likeness (QED) is 0.681. The zero-order valence-electron chi connectivity index (χ0n) is 18.5. The van der Waals surface area contributed by atoms with Gasteiger partial charge in [-0.15, -0.1) is 24.8 Å². The van der Waals surface area contributed by atoms with Crippen molar-refractivity contribution in [3.8, 4) is 11.5 Å². The second-order valence-corrected chi connectivity index (χ2v) is 9.85. The summed E-state index contributed by atoms with van der Waals surface area (Å²) in [6.45, 7) is 9.64. The monoisotopic (exact) mass is 500 g/mol. The number of likely N-dealkylation sites (tertiary alicyclic amines) is 1. The van der Waals surface area contributed by atoms with Crippen LogP contribution < -0.4 is 5.32 Å². The van der Waals surface area contributed by atoms with Gasteiger partial charge < -0.3 is 14.6 Å². The molecule has 32 heavy (non-hydrogen) atoms. The van der Waals surface area contributed by atoms with Crippen molar-refractivity contribution in [3.05, 3.63) is 40.7 Å². The number of nitrogens with one attached hydrogen (secondary N) is 1. The van der Waals surface area contributed by atoms with Gasteiger partial charge in [-0.3, -0.25) is 9.69 Å². The molecular weight excluding hydrogens is 471 g/mol. The molecule has 0 unspecified atom stereocenters. The molecule has 1 saturated carbocycles. The van der Waals surface area contributed by atoms with E-state index in [1.807, 2.05) is 31.2 Å². The summed E-state index contributed by atoms with van der Waals surface area (Å²) < 4.78 is 5.89. The highest BCUT2D eigenvalue weighted by Crippen LogP contribution is 2.52. The maximum atomic E-state index is 12.8. The third kappa shape index (κ3) is 4.95. The molecule has 1 amide bonds. The van der Waals surface area contributed by atoms with Crippen LogP contribution in [0.3, 0.4) is 0 Å². The van der Waals surface area contributed by atoms with Crippen molar-refractivity contribution in [1.82, 2.24) is 20.1 Å². The number of oxazole rings is 1. The summed E-state index contributed by atoms with van der Waals surface area (Å²) in [7, 11) is 0. The van der Waals surface area contributed by atoms with Crippen LogP contribution >= 0.6 is 36.4 Å². The van der Waals surface area contributed by atoms with Gasteiger partial charge in [-0.25, -0.2) is 4.98 Å². The van der Waals surface area contributed by atoms with Crippen molar-refractivity contribution in [2.24, 2.45) is 11.3 Å². The molecule has 3 aliphatic rings. The Hall–Kier alpha value is -1.31. The van der Waals surface area contributed by atoms with Crippen molar-refractivity contribution in [2.45, 2.75) is 39.3 Å². The fourth-order valence-corrected chi connectivity index (χ4v) is 5.45. The van der Waals surface area contributed by atoms with Gasteiger partial charge in [-0.1, -0.05) is 11.6 Å². The lowest BCUT2D eigenvalue weighted by Crippen LogP contribution is -2.64. The highest BCUT2D eigenvalue weighted by atomic mass is 35.5. The molecule has 0 radical (unpaired) electrons. The van der Waals surface area contributed by atoms with Crippen molar-refractivity contribution >= 4 is 42.3 Å². The third-order valence-corrected chi connectivity index (χ3v) is 7.12. The first-order chi connectivity index (χ1) is 14.4. The molecule has 2 aromatic rings. The van der Waals surface area contributed by atoms with Crippen LogP contribution in [0.4, 0.5) is 0 Å². The number of carbonyl (C=O) groups is 1. The Balaban J connectivity index is 0.00000144. The second-order valence-electron chi connectivity index (χ2n) is 9.42. The largest absolute Gasteiger partial charge is 0.441 e. The lowest BCUT2D eigenvalue weighted by Gasteiger charge is -2.59. The fraction of sp³-hybridized carbons (Fsp3) is 0.565. The SMILES string of the molecule is Cc1oc(-c2ccc(Cl)cc2)nc1CN1CC2(CC(C(=O)N3CCN[C@@H](C)C3)C2)C1.Cl.Cl. The number of rotatable bonds is 4. The number of aromatic nitrogens is 1. The number of amides is 1. The summed E-state index contributed by atoms with van der Waals surface area (Å²) in [5.41, 5.74) is 2.28. The molecule has 1 aliphatic carbocycles. The smallest absolute Gasteiger partial charge is 0.226 e. The topological polar surface area (TPSA) is 61.6 Å². The Kier molecular flexibility index (Phi) is 7.83. The van der Waals surface area contributed by atoms with Gasteiger partial charge in [0.25, 0.3) is 0 Å². The van der Waals surface area contributed by atoms with Gasteiger partial charge in [0.15, 0.2) is 0 Å². The molecule has 6 nitrogen and oxygen atoms in total. The van der Waals surface area contributed by atoms with E-state index < -0.39 is 0 Å². The highest BCUT2D eigenvalue weighted by molar-refractivity contribution is 6.30. The normalized spacial score (nSPS) is 22.5. The molecule has 1 aromatic carbocycles. The number of piperazine rings is 1. The van der Waals surface area contributed by atoms with Gasteiger partial charge in [0, 0.05) is 61.8 Å². The minimum absolute atomic E-state index is 0. The molecule has 5 rings (SSSR count). The molecule has 2 aliphatic heterocycles. The van der Waals surface area contributed by atoms with Crippen molar-refractivity contribution in [1.29, 1.82) is 0 Å². The predicted octanol–water partition coefficient (Wildman–Crippen LogP) is 4.18. The van der Waals surface area contributed by atoms with Gasteiger partial charge in [0.2, 0.25) is 11.8 Å². The minimum atomic E-state index is 0. The van der Waals surface area contributed by atoms with E-state index in [0.717, 1.165) is 69.1 Å². The zero-order valence-corrected chi connectivity index (χ0v) is 20.9. The first kappa shape index (κ1) is 25.3. The summed E-state index contributed by atoms with van der Waals surface area (Å²) in [4.78, 5) is 22.0. The fourth-order valence-electron chi connectivity index (χ4n) is 5.33. The van der Waals surface area contributed by atoms with E-state index in [4.69, 9.17) is 21.0 Å². The number of hydrogen-bond acceptors (Lipinski definition) is 5. The summed E-state index contributed by atoms with van der Waals surface area (Å²) in [6, 6.07) is 7.97. The maximum absolute atomic E-state index is 12.8. The van der Waals surface area contributed by atoms with E-state index in [1.54, 1.807) is 0 Å². The molecule has 1 atom stereocenters. The molecular formula is C23H31Cl3N4O2. The van der Waals surface area contributed by atoms with E-state index in [1.165, 1.54) is 0 Å².